The molecule has 0 unspecified atom stereocenters. The first-order chi connectivity index (χ1) is 11.3. The van der Waals surface area contributed by atoms with Crippen LogP contribution < -0.4 is 10.0 Å². The van der Waals surface area contributed by atoms with E-state index in [-0.39, 0.29) is 34.3 Å². The van der Waals surface area contributed by atoms with Gasteiger partial charge in [-0.1, -0.05) is 31.2 Å². The van der Waals surface area contributed by atoms with Crippen molar-refractivity contribution in [2.45, 2.75) is 31.4 Å². The Morgan fingerprint density at radius 3 is 2.71 bits per heavy atom. The van der Waals surface area contributed by atoms with Gasteiger partial charge in [-0.25, -0.2) is 13.1 Å². The minimum Gasteiger partial charge on any atom is -0.448 e. The Hall–Kier alpha value is -2.12. The minimum atomic E-state index is -3.72. The maximum absolute atomic E-state index is 12.6. The molecule has 6 nitrogen and oxygen atoms in total. The van der Waals surface area contributed by atoms with Crippen molar-refractivity contribution >= 4 is 15.9 Å². The molecule has 128 valence electrons. The standard InChI is InChI=1S/C17H20N2O4S/c1-10-8-12-6-4-5-7-13(12)16(10)19-17(20)14-9-15(23-11(14)2)24(21,22)18-3/h4-7,9-10,16,18H,8H2,1-3H3,(H,19,20)/t10-,16+/m0/s1. The lowest BCUT2D eigenvalue weighted by atomic mass is 10.0. The van der Waals surface area contributed by atoms with Crippen LogP contribution in [0.5, 0.6) is 0 Å². The first-order valence-corrected chi connectivity index (χ1v) is 9.24. The number of sulfonamides is 1. The third-order valence-corrected chi connectivity index (χ3v) is 5.73. The molecule has 2 aromatic rings. The van der Waals surface area contributed by atoms with Crippen LogP contribution in [0.25, 0.3) is 0 Å². The number of fused-ring (bicyclic) bond motifs is 1. The largest absolute Gasteiger partial charge is 0.448 e. The molecule has 2 atom stereocenters. The van der Waals surface area contributed by atoms with Gasteiger partial charge in [0.1, 0.15) is 5.76 Å². The summed E-state index contributed by atoms with van der Waals surface area (Å²) in [7, 11) is -2.42. The molecule has 1 aliphatic carbocycles. The van der Waals surface area contributed by atoms with Gasteiger partial charge in [0, 0.05) is 6.07 Å². The Balaban J connectivity index is 1.86. The highest BCUT2D eigenvalue weighted by Crippen LogP contribution is 2.36. The van der Waals surface area contributed by atoms with Gasteiger partial charge in [0.2, 0.25) is 5.09 Å². The molecule has 1 aromatic heterocycles. The van der Waals surface area contributed by atoms with Crippen LogP contribution in [0.15, 0.2) is 39.8 Å². The van der Waals surface area contributed by atoms with Gasteiger partial charge in [0.25, 0.3) is 15.9 Å². The number of furan rings is 1. The van der Waals surface area contributed by atoms with Crippen molar-refractivity contribution in [3.63, 3.8) is 0 Å². The monoisotopic (exact) mass is 348 g/mol. The molecular formula is C17H20N2O4S. The zero-order valence-corrected chi connectivity index (χ0v) is 14.6. The number of nitrogens with one attached hydrogen (secondary N) is 2. The van der Waals surface area contributed by atoms with E-state index in [4.69, 9.17) is 4.42 Å². The number of carbonyl (C=O) groups is 1. The Bertz CT molecular complexity index is 886. The lowest BCUT2D eigenvalue weighted by Crippen LogP contribution is -2.30. The number of rotatable bonds is 4. The molecule has 24 heavy (non-hydrogen) atoms. The molecule has 0 bridgehead atoms. The van der Waals surface area contributed by atoms with Crippen molar-refractivity contribution in [3.05, 3.63) is 52.8 Å². The SMILES string of the molecule is CNS(=O)(=O)c1cc(C(=O)N[C@H]2c3ccccc3C[C@@H]2C)c(C)o1. The molecule has 0 spiro atoms. The van der Waals surface area contributed by atoms with E-state index in [0.29, 0.717) is 0 Å². The van der Waals surface area contributed by atoms with E-state index in [0.717, 1.165) is 12.0 Å². The Morgan fingerprint density at radius 2 is 2.00 bits per heavy atom. The maximum atomic E-state index is 12.6. The maximum Gasteiger partial charge on any atom is 0.273 e. The number of amides is 1. The summed E-state index contributed by atoms with van der Waals surface area (Å²) >= 11 is 0. The highest BCUT2D eigenvalue weighted by molar-refractivity contribution is 7.89. The van der Waals surface area contributed by atoms with Crippen molar-refractivity contribution in [1.29, 1.82) is 0 Å². The van der Waals surface area contributed by atoms with Crippen LogP contribution in [-0.2, 0) is 16.4 Å². The molecule has 0 fully saturated rings. The van der Waals surface area contributed by atoms with Crippen LogP contribution in [-0.4, -0.2) is 21.4 Å². The molecule has 7 heteroatoms. The topological polar surface area (TPSA) is 88.4 Å². The fraction of sp³-hybridized carbons (Fsp3) is 0.353. The Kier molecular flexibility index (Phi) is 4.23. The second-order valence-corrected chi connectivity index (χ2v) is 7.89. The summed E-state index contributed by atoms with van der Waals surface area (Å²) in [5.74, 6) is 0.224. The minimum absolute atomic E-state index is 0.0904. The summed E-state index contributed by atoms with van der Waals surface area (Å²) in [5.41, 5.74) is 2.58. The molecule has 0 radical (unpaired) electrons. The van der Waals surface area contributed by atoms with Gasteiger partial charge in [0.15, 0.2) is 0 Å². The molecule has 0 saturated heterocycles. The predicted octanol–water partition coefficient (Wildman–Crippen LogP) is 2.16. The van der Waals surface area contributed by atoms with E-state index in [1.165, 1.54) is 18.7 Å². The molecular weight excluding hydrogens is 328 g/mol. The molecule has 3 rings (SSSR count). The molecule has 1 aliphatic rings. The normalized spacial score (nSPS) is 20.0. The van der Waals surface area contributed by atoms with Crippen LogP contribution >= 0.6 is 0 Å². The highest BCUT2D eigenvalue weighted by Gasteiger charge is 2.31. The van der Waals surface area contributed by atoms with Gasteiger partial charge in [-0.3, -0.25) is 4.79 Å². The van der Waals surface area contributed by atoms with Gasteiger partial charge in [0.05, 0.1) is 11.6 Å². The lowest BCUT2D eigenvalue weighted by molar-refractivity contribution is 0.0925. The molecule has 2 N–H and O–H groups in total. The average Bonchev–Trinajstić information content (AvgIpc) is 3.09. The summed E-state index contributed by atoms with van der Waals surface area (Å²) in [4.78, 5) is 12.6. The van der Waals surface area contributed by atoms with E-state index in [1.54, 1.807) is 6.92 Å². The van der Waals surface area contributed by atoms with Crippen molar-refractivity contribution in [1.82, 2.24) is 10.0 Å². The quantitative estimate of drug-likeness (QED) is 0.886. The predicted molar refractivity (Wildman–Crippen MR) is 89.2 cm³/mol. The van der Waals surface area contributed by atoms with Crippen molar-refractivity contribution in [2.75, 3.05) is 7.05 Å². The third-order valence-electron chi connectivity index (χ3n) is 4.46. The zero-order valence-electron chi connectivity index (χ0n) is 13.8. The molecule has 1 amide bonds. The average molecular weight is 348 g/mol. The first kappa shape index (κ1) is 16.7. The molecule has 1 aromatic carbocycles. The van der Waals surface area contributed by atoms with Crippen molar-refractivity contribution in [2.24, 2.45) is 5.92 Å². The number of benzene rings is 1. The van der Waals surface area contributed by atoms with Gasteiger partial charge >= 0.3 is 0 Å². The van der Waals surface area contributed by atoms with E-state index >= 15 is 0 Å². The van der Waals surface area contributed by atoms with E-state index in [2.05, 4.69) is 23.0 Å². The third kappa shape index (κ3) is 2.85. The molecule has 0 aliphatic heterocycles. The van der Waals surface area contributed by atoms with Gasteiger partial charge in [-0.15, -0.1) is 0 Å². The fourth-order valence-corrected chi connectivity index (χ4v) is 3.86. The summed E-state index contributed by atoms with van der Waals surface area (Å²) in [5, 5.41) is 2.75. The highest BCUT2D eigenvalue weighted by atomic mass is 32.2. The van der Waals surface area contributed by atoms with Gasteiger partial charge in [-0.2, -0.15) is 0 Å². The van der Waals surface area contributed by atoms with E-state index in [9.17, 15) is 13.2 Å². The number of hydrogen-bond donors (Lipinski definition) is 2. The van der Waals surface area contributed by atoms with Gasteiger partial charge in [-0.05, 0) is 37.4 Å². The molecule has 1 heterocycles. The van der Waals surface area contributed by atoms with Crippen molar-refractivity contribution in [3.8, 4) is 0 Å². The summed E-state index contributed by atoms with van der Waals surface area (Å²) in [6.07, 6.45) is 0.908. The number of hydrogen-bond acceptors (Lipinski definition) is 4. The Morgan fingerprint density at radius 1 is 1.29 bits per heavy atom. The summed E-state index contributed by atoms with van der Waals surface area (Å²) in [6, 6.07) is 9.21. The van der Waals surface area contributed by atoms with Crippen LogP contribution in [0.1, 0.15) is 40.2 Å². The van der Waals surface area contributed by atoms with Crippen LogP contribution in [0, 0.1) is 12.8 Å². The zero-order chi connectivity index (χ0) is 17.5. The smallest absolute Gasteiger partial charge is 0.273 e. The first-order valence-electron chi connectivity index (χ1n) is 7.76. The second-order valence-electron chi connectivity index (χ2n) is 6.07. The van der Waals surface area contributed by atoms with Crippen LogP contribution in [0.4, 0.5) is 0 Å². The van der Waals surface area contributed by atoms with Gasteiger partial charge < -0.3 is 9.73 Å². The summed E-state index contributed by atoms with van der Waals surface area (Å²) in [6.45, 7) is 3.67. The number of aryl methyl sites for hydroxylation is 1. The lowest BCUT2D eigenvalue weighted by Gasteiger charge is -2.18. The van der Waals surface area contributed by atoms with Crippen molar-refractivity contribution < 1.29 is 17.6 Å². The second kappa shape index (κ2) is 6.07. The molecule has 0 saturated carbocycles. The van der Waals surface area contributed by atoms with E-state index in [1.807, 2.05) is 18.2 Å². The number of carbonyl (C=O) groups excluding carboxylic acids is 1. The fourth-order valence-electron chi connectivity index (χ4n) is 3.15. The van der Waals surface area contributed by atoms with E-state index < -0.39 is 10.0 Å². The van der Waals surface area contributed by atoms with Crippen LogP contribution in [0.2, 0.25) is 0 Å². The van der Waals surface area contributed by atoms with Crippen LogP contribution in [0.3, 0.4) is 0 Å². The summed E-state index contributed by atoms with van der Waals surface area (Å²) < 4.78 is 31.0. The Labute approximate surface area is 141 Å².